The number of amides is 5. The van der Waals surface area contributed by atoms with E-state index >= 15 is 0 Å². The van der Waals surface area contributed by atoms with E-state index in [1.54, 1.807) is 38.5 Å². The number of carboxylic acid groups (broad SMARTS) is 2. The molecular formula is C37H54N5O10Y-. The Balaban J connectivity index is 0.0000140. The fraction of sp³-hybridized carbons (Fsp3) is 0.595. The first-order valence-corrected chi connectivity index (χ1v) is 18.0. The fourth-order valence-corrected chi connectivity index (χ4v) is 6.11. The number of carbonyl (C=O) groups is 8. The van der Waals surface area contributed by atoms with Crippen LogP contribution < -0.4 is 26.6 Å². The Labute approximate surface area is 336 Å². The number of ketones is 1. The van der Waals surface area contributed by atoms with Crippen LogP contribution >= 0.6 is 0 Å². The molecule has 291 valence electrons. The predicted molar refractivity (Wildman–Crippen MR) is 190 cm³/mol. The standard InChI is InChI=1S/C37H54N5O10.Y/c1-5-12-26(33(47)36(50)38-21-29(44)42-32(37(51)52)25-15-10-7-11-16-25)39-34(48)27(19-22(2)3)40-35(49)31(24-13-8-6-9-14-24)41-28(43)18-17-23(4)20-30(45)46;/h7,10-11,15-17,22-24,26-27,31-32H,5-6,8-9,12-14,18-21H2,1-4H3,(H,38,50)(H,39,48)(H,40,49)(H,41,43)(H,42,44)(H,45,46)(H,51,52);/q-1;/t23?,26?,27-,31-,32-;/m0./s1. The minimum Gasteiger partial charge on any atom is -0.481 e. The van der Waals surface area contributed by atoms with Crippen molar-refractivity contribution in [2.45, 2.75) is 116 Å². The van der Waals surface area contributed by atoms with Gasteiger partial charge in [-0.3, -0.25) is 33.6 Å². The van der Waals surface area contributed by atoms with E-state index in [1.807, 2.05) is 13.8 Å². The molecule has 0 heterocycles. The molecule has 16 heteroatoms. The van der Waals surface area contributed by atoms with E-state index in [1.165, 1.54) is 12.1 Å². The summed E-state index contributed by atoms with van der Waals surface area (Å²) in [6.07, 6.45) is 6.18. The van der Waals surface area contributed by atoms with Crippen molar-refractivity contribution < 1.29 is 81.3 Å². The summed E-state index contributed by atoms with van der Waals surface area (Å²) in [7, 11) is 0. The summed E-state index contributed by atoms with van der Waals surface area (Å²) in [6.45, 7) is 6.44. The van der Waals surface area contributed by atoms with Crippen LogP contribution in [0.3, 0.4) is 0 Å². The number of hydrogen-bond donors (Lipinski definition) is 7. The van der Waals surface area contributed by atoms with E-state index < -0.39 is 78.0 Å². The fourth-order valence-electron chi connectivity index (χ4n) is 6.11. The molecule has 2 rings (SSSR count). The quantitative estimate of drug-likeness (QED) is 0.0666. The summed E-state index contributed by atoms with van der Waals surface area (Å²) in [5.74, 6) is -7.62. The van der Waals surface area contributed by atoms with Gasteiger partial charge in [0.1, 0.15) is 12.1 Å². The Hall–Kier alpha value is -3.72. The monoisotopic (exact) mass is 817 g/mol. The van der Waals surface area contributed by atoms with E-state index in [-0.39, 0.29) is 76.1 Å². The second-order valence-electron chi connectivity index (χ2n) is 13.8. The van der Waals surface area contributed by atoms with Gasteiger partial charge >= 0.3 is 11.9 Å². The summed E-state index contributed by atoms with van der Waals surface area (Å²) in [4.78, 5) is 102. The third kappa shape index (κ3) is 17.3. The third-order valence-electron chi connectivity index (χ3n) is 8.79. The number of hydrogen-bond acceptors (Lipinski definition) is 8. The minimum absolute atomic E-state index is 0. The summed E-state index contributed by atoms with van der Waals surface area (Å²) in [5.41, 5.74) is 0.313. The van der Waals surface area contributed by atoms with Gasteiger partial charge in [-0.1, -0.05) is 90.1 Å². The number of Topliss-reactive ketones (excluding diaryl/α,β-unsaturated/α-hetero) is 1. The molecular weight excluding hydrogens is 763 g/mol. The number of aliphatic carboxylic acids is 2. The van der Waals surface area contributed by atoms with Crippen molar-refractivity contribution in [2.24, 2.45) is 17.8 Å². The Kier molecular flexibility index (Phi) is 21.9. The van der Waals surface area contributed by atoms with Crippen LogP contribution in [0.5, 0.6) is 0 Å². The first-order chi connectivity index (χ1) is 24.6. The molecule has 5 atom stereocenters. The summed E-state index contributed by atoms with van der Waals surface area (Å²) < 4.78 is 0. The topological polar surface area (TPSA) is 237 Å². The minimum atomic E-state index is -1.38. The van der Waals surface area contributed by atoms with E-state index in [0.29, 0.717) is 24.8 Å². The van der Waals surface area contributed by atoms with Crippen LogP contribution in [0.25, 0.3) is 0 Å². The van der Waals surface area contributed by atoms with Crippen LogP contribution in [0, 0.1) is 24.2 Å². The zero-order valence-corrected chi connectivity index (χ0v) is 33.9. The largest absolute Gasteiger partial charge is 0.481 e. The average molecular weight is 818 g/mol. The van der Waals surface area contributed by atoms with Crippen molar-refractivity contribution in [2.75, 3.05) is 6.54 Å². The van der Waals surface area contributed by atoms with Gasteiger partial charge < -0.3 is 43.2 Å². The number of rotatable bonds is 22. The molecule has 1 saturated carbocycles. The number of carboxylic acids is 2. The molecule has 0 spiro atoms. The van der Waals surface area contributed by atoms with Crippen LogP contribution in [0.4, 0.5) is 0 Å². The van der Waals surface area contributed by atoms with Gasteiger partial charge in [0.25, 0.3) is 5.91 Å². The number of carbonyl (C=O) groups excluding carboxylic acids is 6. The van der Waals surface area contributed by atoms with E-state index in [9.17, 15) is 43.5 Å². The van der Waals surface area contributed by atoms with Crippen molar-refractivity contribution in [3.63, 3.8) is 0 Å². The van der Waals surface area contributed by atoms with Gasteiger partial charge in [-0.05, 0) is 43.1 Å². The number of benzene rings is 1. The molecule has 2 unspecified atom stereocenters. The molecule has 15 nitrogen and oxygen atoms in total. The molecule has 0 saturated heterocycles. The number of nitrogens with one attached hydrogen (secondary N) is 5. The van der Waals surface area contributed by atoms with Gasteiger partial charge in [0, 0.05) is 39.1 Å². The van der Waals surface area contributed by atoms with Crippen LogP contribution in [0.15, 0.2) is 30.3 Å². The first-order valence-electron chi connectivity index (χ1n) is 18.0. The SMILES string of the molecule is CCCC(NC(=O)[C@H](CC(C)C)NC(=O)[C@@H](NC(=O)C[CH-]C(C)CC(=O)O)C1CCCCC1)C(=O)C(=O)NCC(=O)N[C@H](C(=O)O)c1ccccc1.[Y]. The van der Waals surface area contributed by atoms with Crippen molar-refractivity contribution in [3.05, 3.63) is 42.3 Å². The Morgan fingerprint density at radius 1 is 0.811 bits per heavy atom. The maximum atomic E-state index is 13.8. The molecule has 1 aromatic carbocycles. The van der Waals surface area contributed by atoms with Crippen molar-refractivity contribution in [1.82, 2.24) is 26.6 Å². The van der Waals surface area contributed by atoms with Gasteiger partial charge in [0.15, 0.2) is 11.9 Å². The smallest absolute Gasteiger partial charge is 0.330 e. The van der Waals surface area contributed by atoms with Gasteiger partial charge in [0.2, 0.25) is 23.5 Å². The molecule has 1 aliphatic carbocycles. The molecule has 53 heavy (non-hydrogen) atoms. The van der Waals surface area contributed by atoms with E-state index in [0.717, 1.165) is 19.3 Å². The second kappa shape index (κ2) is 24.6. The molecule has 1 radical (unpaired) electrons. The van der Waals surface area contributed by atoms with Gasteiger partial charge in [-0.2, -0.15) is 5.92 Å². The molecule has 1 fully saturated rings. The molecule has 0 bridgehead atoms. The summed E-state index contributed by atoms with van der Waals surface area (Å²) in [5, 5.41) is 31.2. The molecule has 1 aliphatic rings. The molecule has 0 aliphatic heterocycles. The van der Waals surface area contributed by atoms with Crippen LogP contribution in [0.1, 0.15) is 104 Å². The van der Waals surface area contributed by atoms with E-state index in [2.05, 4.69) is 26.6 Å². The zero-order valence-electron chi connectivity index (χ0n) is 31.0. The van der Waals surface area contributed by atoms with Gasteiger partial charge in [0.05, 0.1) is 12.6 Å². The Bertz CT molecular complexity index is 1400. The Morgan fingerprint density at radius 2 is 1.43 bits per heavy atom. The third-order valence-corrected chi connectivity index (χ3v) is 8.79. The van der Waals surface area contributed by atoms with Crippen molar-refractivity contribution in [1.29, 1.82) is 0 Å². The zero-order chi connectivity index (χ0) is 38.8. The summed E-state index contributed by atoms with van der Waals surface area (Å²) in [6, 6.07) is 3.25. The van der Waals surface area contributed by atoms with Crippen molar-refractivity contribution in [3.8, 4) is 0 Å². The van der Waals surface area contributed by atoms with Gasteiger partial charge in [-0.15, -0.1) is 0 Å². The summed E-state index contributed by atoms with van der Waals surface area (Å²) >= 11 is 0. The van der Waals surface area contributed by atoms with E-state index in [4.69, 9.17) is 5.11 Å². The van der Waals surface area contributed by atoms with Crippen LogP contribution in [-0.4, -0.2) is 82.1 Å². The molecule has 5 amide bonds. The Morgan fingerprint density at radius 3 is 2.00 bits per heavy atom. The average Bonchev–Trinajstić information content (AvgIpc) is 3.10. The maximum Gasteiger partial charge on any atom is 0.330 e. The van der Waals surface area contributed by atoms with Crippen molar-refractivity contribution >= 4 is 47.3 Å². The normalized spacial score (nSPS) is 15.6. The maximum absolute atomic E-state index is 13.8. The predicted octanol–water partition coefficient (Wildman–Crippen LogP) is 2.20. The molecule has 7 N–H and O–H groups in total. The van der Waals surface area contributed by atoms with Crippen LogP contribution in [-0.2, 0) is 71.1 Å². The van der Waals surface area contributed by atoms with Crippen LogP contribution in [0.2, 0.25) is 0 Å². The molecule has 1 aromatic rings. The van der Waals surface area contributed by atoms with Gasteiger partial charge in [-0.25, -0.2) is 4.79 Å². The first kappa shape index (κ1) is 47.3. The second-order valence-corrected chi connectivity index (χ2v) is 13.8. The molecule has 0 aromatic heterocycles.